The Morgan fingerprint density at radius 3 is 2.66 bits per heavy atom. The van der Waals surface area contributed by atoms with E-state index in [1.54, 1.807) is 0 Å². The molecule has 3 aliphatic rings. The molecule has 2 N–H and O–H groups in total. The fourth-order valence-electron chi connectivity index (χ4n) is 4.50. The van der Waals surface area contributed by atoms with E-state index in [2.05, 4.69) is 10.6 Å². The number of piperidine rings is 1. The topological polar surface area (TPSA) is 113 Å². The van der Waals surface area contributed by atoms with Gasteiger partial charge in [-0.3, -0.25) is 14.4 Å². The van der Waals surface area contributed by atoms with Crippen LogP contribution in [-0.2, 0) is 4.79 Å². The van der Waals surface area contributed by atoms with Crippen molar-refractivity contribution in [3.63, 3.8) is 0 Å². The number of hydrogen-bond donors (Lipinski definition) is 2. The van der Waals surface area contributed by atoms with E-state index in [0.717, 1.165) is 30.7 Å². The van der Waals surface area contributed by atoms with E-state index in [-0.39, 0.29) is 40.3 Å². The zero-order chi connectivity index (χ0) is 22.6. The van der Waals surface area contributed by atoms with Crippen molar-refractivity contribution < 1.29 is 18.7 Å². The largest absolute Gasteiger partial charge is 0.492 e. The van der Waals surface area contributed by atoms with Crippen molar-refractivity contribution in [3.8, 4) is 11.8 Å². The summed E-state index contributed by atoms with van der Waals surface area (Å²) in [5.41, 5.74) is -0.437. The van der Waals surface area contributed by atoms with Gasteiger partial charge in [0.1, 0.15) is 5.69 Å². The molecular weight excluding hydrogens is 435 g/mol. The fraction of sp³-hybridized carbons (Fsp3) is 0.455. The van der Waals surface area contributed by atoms with E-state index < -0.39 is 22.3 Å². The number of fused-ring (bicyclic) bond motifs is 2. The van der Waals surface area contributed by atoms with Crippen LogP contribution in [0.3, 0.4) is 0 Å². The van der Waals surface area contributed by atoms with E-state index in [1.807, 2.05) is 10.6 Å². The lowest BCUT2D eigenvalue weighted by atomic mass is 9.97. The van der Waals surface area contributed by atoms with Crippen LogP contribution in [0.5, 0.6) is 5.75 Å². The summed E-state index contributed by atoms with van der Waals surface area (Å²) < 4.78 is 22.6. The maximum atomic E-state index is 15.2. The first-order valence-corrected chi connectivity index (χ1v) is 11.4. The number of benzene rings is 1. The van der Waals surface area contributed by atoms with Gasteiger partial charge in [-0.25, -0.2) is 4.39 Å². The summed E-state index contributed by atoms with van der Waals surface area (Å²) in [5, 5.41) is 14.7. The molecule has 8 nitrogen and oxygen atoms in total. The third-order valence-electron chi connectivity index (χ3n) is 6.26. The second-order valence-corrected chi connectivity index (χ2v) is 9.37. The molecular formula is C22H21FN4O4S. The number of nitriles is 1. The van der Waals surface area contributed by atoms with E-state index in [0.29, 0.717) is 36.5 Å². The van der Waals surface area contributed by atoms with Gasteiger partial charge in [0.15, 0.2) is 22.6 Å². The summed E-state index contributed by atoms with van der Waals surface area (Å²) in [6.07, 6.45) is 2.96. The van der Waals surface area contributed by atoms with Crippen molar-refractivity contribution in [3.05, 3.63) is 27.7 Å². The number of nitrogens with one attached hydrogen (secondary N) is 2. The Morgan fingerprint density at radius 1 is 1.31 bits per heavy atom. The Hall–Kier alpha value is -2.90. The summed E-state index contributed by atoms with van der Waals surface area (Å²) >= 11 is 1.04. The molecule has 1 aromatic heterocycles. The maximum absolute atomic E-state index is 15.2. The number of anilines is 1. The number of methoxy groups -OCH3 is 1. The first-order chi connectivity index (χ1) is 15.5. The van der Waals surface area contributed by atoms with Crippen molar-refractivity contribution in [1.29, 1.82) is 5.26 Å². The molecule has 3 heterocycles. The number of carbonyl (C=O) groups excluding carboxylic acids is 2. The summed E-state index contributed by atoms with van der Waals surface area (Å²) in [7, 11) is 1.36. The Bertz CT molecular complexity index is 1260. The minimum absolute atomic E-state index is 0.0110. The first kappa shape index (κ1) is 21.0. The zero-order valence-electron chi connectivity index (χ0n) is 17.4. The highest BCUT2D eigenvalue weighted by atomic mass is 32.2. The smallest absolute Gasteiger partial charge is 0.227 e. The molecule has 2 fully saturated rings. The van der Waals surface area contributed by atoms with E-state index in [1.165, 1.54) is 7.11 Å². The number of ether oxygens (including phenoxy) is 1. The van der Waals surface area contributed by atoms with Gasteiger partial charge in [-0.1, -0.05) is 11.8 Å². The molecule has 1 unspecified atom stereocenters. The molecule has 10 heteroatoms. The number of thioether (sulfide) groups is 1. The van der Waals surface area contributed by atoms with Crippen LogP contribution in [0.2, 0.25) is 0 Å². The maximum Gasteiger partial charge on any atom is 0.227 e. The quantitative estimate of drug-likeness (QED) is 0.727. The molecule has 1 aliphatic carbocycles. The predicted octanol–water partition coefficient (Wildman–Crippen LogP) is 2.60. The molecule has 1 aromatic carbocycles. The normalized spacial score (nSPS) is 20.8. The molecule has 32 heavy (non-hydrogen) atoms. The highest BCUT2D eigenvalue weighted by Crippen LogP contribution is 2.48. The molecule has 166 valence electrons. The Balaban J connectivity index is 1.72. The third-order valence-corrected chi connectivity index (χ3v) is 7.44. The van der Waals surface area contributed by atoms with Crippen molar-refractivity contribution in [1.82, 2.24) is 9.88 Å². The van der Waals surface area contributed by atoms with Gasteiger partial charge < -0.3 is 19.9 Å². The minimum atomic E-state index is -1.01. The number of rotatable bonds is 4. The number of Topliss-reactive ketones (excluding diaryl/α,β-unsaturated/α-hetero) is 1. The lowest BCUT2D eigenvalue weighted by Crippen LogP contribution is -2.34. The number of ketones is 1. The van der Waals surface area contributed by atoms with Crippen molar-refractivity contribution in [2.24, 2.45) is 5.92 Å². The summed E-state index contributed by atoms with van der Waals surface area (Å²) in [6, 6.07) is 3.01. The molecule has 0 spiro atoms. The van der Waals surface area contributed by atoms with Crippen LogP contribution in [-0.4, -0.2) is 41.7 Å². The van der Waals surface area contributed by atoms with Crippen LogP contribution in [0.4, 0.5) is 10.1 Å². The first-order valence-electron chi connectivity index (χ1n) is 10.6. The fourth-order valence-corrected chi connectivity index (χ4v) is 5.67. The van der Waals surface area contributed by atoms with Crippen molar-refractivity contribution in [2.75, 3.05) is 25.5 Å². The Morgan fingerprint density at radius 2 is 2.03 bits per heavy atom. The number of halogens is 1. The average Bonchev–Trinajstić information content (AvgIpc) is 3.58. The monoisotopic (exact) mass is 456 g/mol. The van der Waals surface area contributed by atoms with Gasteiger partial charge in [0, 0.05) is 12.0 Å². The van der Waals surface area contributed by atoms with Crippen LogP contribution in [0, 0.1) is 23.1 Å². The molecule has 5 rings (SSSR count). The number of hydrogen-bond acceptors (Lipinski definition) is 7. The third kappa shape index (κ3) is 3.19. The number of aromatic nitrogens is 1. The molecule has 1 saturated heterocycles. The number of amides is 1. The highest BCUT2D eigenvalue weighted by molar-refractivity contribution is 8.01. The lowest BCUT2D eigenvalue weighted by Gasteiger charge is -2.24. The molecule has 2 aromatic rings. The van der Waals surface area contributed by atoms with Crippen molar-refractivity contribution in [2.45, 2.75) is 42.0 Å². The zero-order valence-corrected chi connectivity index (χ0v) is 18.2. The molecule has 1 amide bonds. The number of carbonyl (C=O) groups is 2. The SMILES string of the molecule is COc1c(NC(=O)C2CCNCC2)c(F)cc2c(=O)c3c(n(C4CC4)c12)SC(C#N)C3=O. The molecule has 0 bridgehead atoms. The van der Waals surface area contributed by atoms with E-state index in [9.17, 15) is 19.6 Å². The minimum Gasteiger partial charge on any atom is -0.492 e. The van der Waals surface area contributed by atoms with Gasteiger partial charge in [0.2, 0.25) is 11.3 Å². The van der Waals surface area contributed by atoms with Gasteiger partial charge in [0.25, 0.3) is 0 Å². The molecule has 1 atom stereocenters. The summed E-state index contributed by atoms with van der Waals surface area (Å²) in [5.74, 6) is -1.82. The van der Waals surface area contributed by atoms with Crippen LogP contribution in [0.15, 0.2) is 15.9 Å². The average molecular weight is 456 g/mol. The summed E-state index contributed by atoms with van der Waals surface area (Å²) in [6.45, 7) is 1.43. The summed E-state index contributed by atoms with van der Waals surface area (Å²) in [4.78, 5) is 38.7. The van der Waals surface area contributed by atoms with Crippen LogP contribution in [0.25, 0.3) is 10.9 Å². The second-order valence-electron chi connectivity index (χ2n) is 8.28. The number of pyridine rings is 1. The van der Waals surface area contributed by atoms with Crippen LogP contribution in [0.1, 0.15) is 42.1 Å². The van der Waals surface area contributed by atoms with Gasteiger partial charge in [0.05, 0.1) is 34.7 Å². The van der Waals surface area contributed by atoms with Gasteiger partial charge in [-0.05, 0) is 44.8 Å². The van der Waals surface area contributed by atoms with Crippen molar-refractivity contribution >= 4 is 40.0 Å². The molecule has 1 saturated carbocycles. The standard InChI is InChI=1S/C22H21FN4O4S/c1-31-20-16(26-21(30)10-4-6-25-7-5-10)13(23)8-12-17(20)27(11-2-3-11)22-15(18(12)28)19(29)14(9-24)32-22/h8,10-11,14,25H,2-7H2,1H3,(H,26,30). The van der Waals surface area contributed by atoms with E-state index in [4.69, 9.17) is 4.74 Å². The van der Waals surface area contributed by atoms with E-state index >= 15 is 4.39 Å². The van der Waals surface area contributed by atoms with Gasteiger partial charge in [-0.2, -0.15) is 5.26 Å². The second kappa shape index (κ2) is 7.90. The Labute approximate surface area is 187 Å². The number of nitrogens with zero attached hydrogens (tertiary/aromatic N) is 2. The molecule has 2 aliphatic heterocycles. The van der Waals surface area contributed by atoms with Crippen LogP contribution >= 0.6 is 11.8 Å². The lowest BCUT2D eigenvalue weighted by molar-refractivity contribution is -0.120. The predicted molar refractivity (Wildman–Crippen MR) is 117 cm³/mol. The van der Waals surface area contributed by atoms with Gasteiger partial charge >= 0.3 is 0 Å². The molecule has 0 radical (unpaired) electrons. The van der Waals surface area contributed by atoms with Crippen LogP contribution < -0.4 is 20.8 Å². The highest BCUT2D eigenvalue weighted by Gasteiger charge is 2.41. The van der Waals surface area contributed by atoms with Gasteiger partial charge in [-0.15, -0.1) is 0 Å². The Kier molecular flexibility index (Phi) is 5.18.